The van der Waals surface area contributed by atoms with E-state index in [4.69, 9.17) is 9.47 Å². The second kappa shape index (κ2) is 7.89. The first-order valence-corrected chi connectivity index (χ1v) is 7.33. The molecule has 21 heavy (non-hydrogen) atoms. The molecule has 1 rings (SSSR count). The van der Waals surface area contributed by atoms with Crippen LogP contribution in [0.4, 0.5) is 13.2 Å². The van der Waals surface area contributed by atoms with E-state index in [0.29, 0.717) is 28.1 Å². The largest absolute Gasteiger partial charge is 0.495 e. The zero-order valence-electron chi connectivity index (χ0n) is 12.2. The number of ether oxygens (including phenoxy) is 2. The summed E-state index contributed by atoms with van der Waals surface area (Å²) in [7, 11) is 3.00. The predicted molar refractivity (Wildman–Crippen MR) is 79.0 cm³/mol. The van der Waals surface area contributed by atoms with E-state index in [2.05, 4.69) is 21.2 Å². The standard InChI is InChI=1S/C14H19BrF3NO2/c1-4-19-10(7-8-14(16,17)18)9-5-6-11(20-2)12(15)13(9)21-3/h5-6,10,19H,4,7-8H2,1-3H3. The van der Waals surface area contributed by atoms with Gasteiger partial charge in [0, 0.05) is 18.0 Å². The van der Waals surface area contributed by atoms with Gasteiger partial charge >= 0.3 is 6.18 Å². The number of methoxy groups -OCH3 is 2. The third-order valence-corrected chi connectivity index (χ3v) is 3.81. The lowest BCUT2D eigenvalue weighted by Gasteiger charge is -2.23. The molecule has 0 amide bonds. The quantitative estimate of drug-likeness (QED) is 0.769. The van der Waals surface area contributed by atoms with Crippen molar-refractivity contribution in [2.45, 2.75) is 32.0 Å². The average molecular weight is 370 g/mol. The molecule has 1 aromatic carbocycles. The van der Waals surface area contributed by atoms with Gasteiger partial charge in [-0.05, 0) is 41.0 Å². The van der Waals surface area contributed by atoms with Crippen molar-refractivity contribution in [1.82, 2.24) is 5.32 Å². The van der Waals surface area contributed by atoms with Crippen LogP contribution in [-0.2, 0) is 0 Å². The van der Waals surface area contributed by atoms with Crippen molar-refractivity contribution in [3.8, 4) is 11.5 Å². The molecule has 0 saturated heterocycles. The SMILES string of the molecule is CCNC(CCC(F)(F)F)c1ccc(OC)c(Br)c1OC. The van der Waals surface area contributed by atoms with Crippen molar-refractivity contribution >= 4 is 15.9 Å². The molecule has 1 aromatic rings. The Morgan fingerprint density at radius 1 is 1.24 bits per heavy atom. The Morgan fingerprint density at radius 3 is 2.38 bits per heavy atom. The lowest BCUT2D eigenvalue weighted by molar-refractivity contribution is -0.136. The van der Waals surface area contributed by atoms with Crippen LogP contribution in [0, 0.1) is 0 Å². The number of alkyl halides is 3. The molecular weight excluding hydrogens is 351 g/mol. The molecule has 0 saturated carbocycles. The van der Waals surface area contributed by atoms with Gasteiger partial charge in [-0.2, -0.15) is 13.2 Å². The molecule has 0 heterocycles. The van der Waals surface area contributed by atoms with Gasteiger partial charge in [0.05, 0.1) is 14.2 Å². The van der Waals surface area contributed by atoms with E-state index in [0.717, 1.165) is 0 Å². The van der Waals surface area contributed by atoms with E-state index in [-0.39, 0.29) is 6.42 Å². The molecule has 0 aliphatic rings. The second-order valence-electron chi connectivity index (χ2n) is 4.47. The summed E-state index contributed by atoms with van der Waals surface area (Å²) in [5.74, 6) is 1.06. The molecule has 1 N–H and O–H groups in total. The van der Waals surface area contributed by atoms with Crippen LogP contribution in [0.3, 0.4) is 0 Å². The summed E-state index contributed by atoms with van der Waals surface area (Å²) < 4.78 is 48.5. The smallest absolute Gasteiger partial charge is 0.389 e. The van der Waals surface area contributed by atoms with Gasteiger partial charge < -0.3 is 14.8 Å². The van der Waals surface area contributed by atoms with Crippen molar-refractivity contribution in [3.63, 3.8) is 0 Å². The van der Waals surface area contributed by atoms with E-state index in [1.54, 1.807) is 12.1 Å². The van der Waals surface area contributed by atoms with Crippen molar-refractivity contribution in [2.75, 3.05) is 20.8 Å². The fourth-order valence-electron chi connectivity index (χ4n) is 2.11. The number of hydrogen-bond donors (Lipinski definition) is 1. The lowest BCUT2D eigenvalue weighted by atomic mass is 10.0. The van der Waals surface area contributed by atoms with Crippen LogP contribution in [0.25, 0.3) is 0 Å². The van der Waals surface area contributed by atoms with Gasteiger partial charge in [-0.15, -0.1) is 0 Å². The molecule has 0 bridgehead atoms. The van der Waals surface area contributed by atoms with Gasteiger partial charge in [0.1, 0.15) is 16.0 Å². The molecule has 0 spiro atoms. The minimum Gasteiger partial charge on any atom is -0.495 e. The molecule has 7 heteroatoms. The summed E-state index contributed by atoms with van der Waals surface area (Å²) >= 11 is 3.36. The van der Waals surface area contributed by atoms with Crippen LogP contribution in [0.1, 0.15) is 31.4 Å². The van der Waals surface area contributed by atoms with Gasteiger partial charge in [-0.1, -0.05) is 6.92 Å². The fourth-order valence-corrected chi connectivity index (χ4v) is 2.80. The number of rotatable bonds is 7. The van der Waals surface area contributed by atoms with Crippen molar-refractivity contribution < 1.29 is 22.6 Å². The Bertz CT molecular complexity index is 466. The molecule has 0 aliphatic heterocycles. The summed E-state index contributed by atoms with van der Waals surface area (Å²) in [5, 5.41) is 3.07. The molecule has 0 aromatic heterocycles. The van der Waals surface area contributed by atoms with E-state index < -0.39 is 18.6 Å². The number of benzene rings is 1. The maximum Gasteiger partial charge on any atom is 0.389 e. The number of halogens is 4. The van der Waals surface area contributed by atoms with Crippen molar-refractivity contribution in [2.24, 2.45) is 0 Å². The van der Waals surface area contributed by atoms with Crippen molar-refractivity contribution in [3.05, 3.63) is 22.2 Å². The summed E-state index contributed by atoms with van der Waals surface area (Å²) in [6.07, 6.45) is -5.07. The maximum atomic E-state index is 12.5. The average Bonchev–Trinajstić information content (AvgIpc) is 2.42. The first-order valence-electron chi connectivity index (χ1n) is 6.54. The summed E-state index contributed by atoms with van der Waals surface area (Å²) in [6, 6.07) is 3.00. The Hall–Kier alpha value is -0.950. The summed E-state index contributed by atoms with van der Waals surface area (Å²) in [4.78, 5) is 0. The van der Waals surface area contributed by atoms with Gasteiger partial charge in [0.2, 0.25) is 0 Å². The minimum atomic E-state index is -4.18. The van der Waals surface area contributed by atoms with Crippen molar-refractivity contribution in [1.29, 1.82) is 0 Å². The molecule has 3 nitrogen and oxygen atoms in total. The third-order valence-electron chi connectivity index (χ3n) is 3.06. The summed E-state index contributed by atoms with van der Waals surface area (Å²) in [6.45, 7) is 2.42. The number of nitrogens with one attached hydrogen (secondary N) is 1. The first kappa shape index (κ1) is 18.1. The monoisotopic (exact) mass is 369 g/mol. The van der Waals surface area contributed by atoms with E-state index in [9.17, 15) is 13.2 Å². The Labute approximate surface area is 130 Å². The molecule has 0 aliphatic carbocycles. The first-order chi connectivity index (χ1) is 9.84. The van der Waals surface area contributed by atoms with Crippen LogP contribution >= 0.6 is 15.9 Å². The van der Waals surface area contributed by atoms with Crippen LogP contribution in [0.15, 0.2) is 16.6 Å². The summed E-state index contributed by atoms with van der Waals surface area (Å²) in [5.41, 5.74) is 0.677. The molecule has 1 unspecified atom stereocenters. The Kier molecular flexibility index (Phi) is 6.80. The second-order valence-corrected chi connectivity index (χ2v) is 5.26. The highest BCUT2D eigenvalue weighted by molar-refractivity contribution is 9.10. The van der Waals surface area contributed by atoms with Crippen LogP contribution in [0.2, 0.25) is 0 Å². The Morgan fingerprint density at radius 2 is 1.90 bits per heavy atom. The third kappa shape index (κ3) is 5.07. The molecule has 0 fully saturated rings. The molecule has 1 atom stereocenters. The van der Waals surface area contributed by atoms with Gasteiger partial charge in [0.15, 0.2) is 0 Å². The van der Waals surface area contributed by atoms with Crippen LogP contribution in [-0.4, -0.2) is 26.9 Å². The normalized spacial score (nSPS) is 13.1. The topological polar surface area (TPSA) is 30.5 Å². The van der Waals surface area contributed by atoms with Gasteiger partial charge in [-0.3, -0.25) is 0 Å². The molecule has 0 radical (unpaired) electrons. The predicted octanol–water partition coefficient (Wildman–Crippen LogP) is 4.46. The highest BCUT2D eigenvalue weighted by Gasteiger charge is 2.30. The van der Waals surface area contributed by atoms with E-state index >= 15 is 0 Å². The van der Waals surface area contributed by atoms with Gasteiger partial charge in [0.25, 0.3) is 0 Å². The fraction of sp³-hybridized carbons (Fsp3) is 0.571. The van der Waals surface area contributed by atoms with E-state index in [1.807, 2.05) is 6.92 Å². The number of hydrogen-bond acceptors (Lipinski definition) is 3. The zero-order valence-corrected chi connectivity index (χ0v) is 13.8. The lowest BCUT2D eigenvalue weighted by Crippen LogP contribution is -2.23. The highest BCUT2D eigenvalue weighted by Crippen LogP contribution is 2.41. The van der Waals surface area contributed by atoms with Crippen LogP contribution in [0.5, 0.6) is 11.5 Å². The zero-order chi connectivity index (χ0) is 16.0. The highest BCUT2D eigenvalue weighted by atomic mass is 79.9. The maximum absolute atomic E-state index is 12.5. The van der Waals surface area contributed by atoms with Gasteiger partial charge in [-0.25, -0.2) is 0 Å². The van der Waals surface area contributed by atoms with E-state index in [1.165, 1.54) is 14.2 Å². The Balaban J connectivity index is 3.10. The minimum absolute atomic E-state index is 0.0491. The molecule has 120 valence electrons. The molecular formula is C14H19BrF3NO2. The van der Waals surface area contributed by atoms with Crippen LogP contribution < -0.4 is 14.8 Å².